The van der Waals surface area contributed by atoms with Crippen LogP contribution in [-0.4, -0.2) is 60.9 Å². The summed E-state index contributed by atoms with van der Waals surface area (Å²) in [5.41, 5.74) is 7.05. The Morgan fingerprint density at radius 3 is 2.80 bits per heavy atom. The van der Waals surface area contributed by atoms with Crippen LogP contribution < -0.4 is 5.73 Å². The van der Waals surface area contributed by atoms with Gasteiger partial charge in [0.2, 0.25) is 5.91 Å². The monoisotopic (exact) mass is 401 g/mol. The van der Waals surface area contributed by atoms with E-state index in [0.29, 0.717) is 32.0 Å². The molecule has 0 spiro atoms. The lowest BCUT2D eigenvalue weighted by atomic mass is 10.0. The number of nitrogens with zero attached hydrogens (tertiary/aromatic N) is 2. The zero-order valence-corrected chi connectivity index (χ0v) is 15.5. The number of aryl methyl sites for hydroxylation is 1. The van der Waals surface area contributed by atoms with Gasteiger partial charge in [-0.05, 0) is 12.5 Å². The molecule has 3 heterocycles. The Hall–Kier alpha value is -1.56. The molecule has 11 heteroatoms. The summed E-state index contributed by atoms with van der Waals surface area (Å²) in [7, 11) is 0. The first kappa shape index (κ1) is 18.2. The molecule has 1 amide bonds. The van der Waals surface area contributed by atoms with Crippen LogP contribution in [0.3, 0.4) is 0 Å². The Morgan fingerprint density at radius 2 is 2.16 bits per heavy atom. The number of rotatable bonds is 6. The number of hydrogen-bond acceptors (Lipinski definition) is 8. The number of carbonyl (C=O) groups is 3. The van der Waals surface area contributed by atoms with Crippen LogP contribution in [-0.2, 0) is 20.8 Å². The minimum atomic E-state index is -1.14. The van der Waals surface area contributed by atoms with Crippen LogP contribution in [0.15, 0.2) is 15.6 Å². The summed E-state index contributed by atoms with van der Waals surface area (Å²) in [5, 5.41) is 18.1. The van der Waals surface area contributed by atoms with Crippen LogP contribution >= 0.6 is 34.9 Å². The SMILES string of the molecule is Cc1nc(SCC2=C(C(=O)O)N3C(=O)[C@@H](N)[C@@H]3SC2)sc1CC(=O)O. The van der Waals surface area contributed by atoms with Crippen molar-refractivity contribution >= 4 is 52.7 Å². The van der Waals surface area contributed by atoms with Crippen molar-refractivity contribution in [2.75, 3.05) is 11.5 Å². The van der Waals surface area contributed by atoms with Crippen molar-refractivity contribution in [3.05, 3.63) is 21.8 Å². The smallest absolute Gasteiger partial charge is 0.352 e. The van der Waals surface area contributed by atoms with Crippen molar-refractivity contribution in [3.63, 3.8) is 0 Å². The molecule has 1 saturated heterocycles. The van der Waals surface area contributed by atoms with Gasteiger partial charge in [0.1, 0.15) is 17.1 Å². The van der Waals surface area contributed by atoms with Gasteiger partial charge in [0.25, 0.3) is 0 Å². The molecule has 1 aromatic rings. The molecule has 0 radical (unpaired) electrons. The van der Waals surface area contributed by atoms with Gasteiger partial charge in [-0.3, -0.25) is 14.5 Å². The van der Waals surface area contributed by atoms with Gasteiger partial charge in [-0.25, -0.2) is 9.78 Å². The molecule has 0 unspecified atom stereocenters. The number of fused-ring (bicyclic) bond motifs is 1. The zero-order valence-electron chi connectivity index (χ0n) is 13.1. The van der Waals surface area contributed by atoms with E-state index in [9.17, 15) is 19.5 Å². The van der Waals surface area contributed by atoms with Crippen molar-refractivity contribution in [2.45, 2.75) is 29.1 Å². The van der Waals surface area contributed by atoms with Crippen LogP contribution in [0.2, 0.25) is 0 Å². The lowest BCUT2D eigenvalue weighted by Gasteiger charge is -2.48. The molecule has 2 aliphatic heterocycles. The van der Waals surface area contributed by atoms with Crippen LogP contribution in [0, 0.1) is 6.92 Å². The highest BCUT2D eigenvalue weighted by Crippen LogP contribution is 2.41. The molecule has 1 fully saturated rings. The summed E-state index contributed by atoms with van der Waals surface area (Å²) in [6.07, 6.45) is -0.0785. The molecule has 0 saturated carbocycles. The van der Waals surface area contributed by atoms with E-state index in [4.69, 9.17) is 10.8 Å². The predicted octanol–water partition coefficient (Wildman–Crippen LogP) is 0.752. The van der Waals surface area contributed by atoms with Gasteiger partial charge < -0.3 is 15.9 Å². The number of hydrogen-bond donors (Lipinski definition) is 3. The largest absolute Gasteiger partial charge is 0.481 e. The lowest BCUT2D eigenvalue weighted by Crippen LogP contribution is -2.68. The second-order valence-corrected chi connectivity index (χ2v) is 8.95. The van der Waals surface area contributed by atoms with Gasteiger partial charge in [-0.15, -0.1) is 23.1 Å². The first-order chi connectivity index (χ1) is 11.8. The van der Waals surface area contributed by atoms with Crippen molar-refractivity contribution in [1.29, 1.82) is 0 Å². The fraction of sp³-hybridized carbons (Fsp3) is 0.429. The summed E-state index contributed by atoms with van der Waals surface area (Å²) in [6, 6.07) is -0.645. The molecule has 1 aromatic heterocycles. The number of carboxylic acid groups (broad SMARTS) is 2. The van der Waals surface area contributed by atoms with Crippen molar-refractivity contribution in [2.24, 2.45) is 5.73 Å². The highest BCUT2D eigenvalue weighted by molar-refractivity contribution is 8.01. The van der Waals surface area contributed by atoms with Crippen LogP contribution in [0.25, 0.3) is 0 Å². The maximum atomic E-state index is 11.9. The highest BCUT2D eigenvalue weighted by atomic mass is 32.2. The van der Waals surface area contributed by atoms with Crippen molar-refractivity contribution < 1.29 is 24.6 Å². The van der Waals surface area contributed by atoms with Crippen LogP contribution in [0.1, 0.15) is 10.6 Å². The average molecular weight is 401 g/mol. The fourth-order valence-electron chi connectivity index (χ4n) is 2.60. The minimum Gasteiger partial charge on any atom is -0.481 e. The van der Waals surface area contributed by atoms with Crippen LogP contribution in [0.5, 0.6) is 0 Å². The van der Waals surface area contributed by atoms with Gasteiger partial charge in [0, 0.05) is 16.4 Å². The molecule has 3 rings (SSSR count). The van der Waals surface area contributed by atoms with Crippen molar-refractivity contribution in [3.8, 4) is 0 Å². The molecule has 8 nitrogen and oxygen atoms in total. The number of thioether (sulfide) groups is 2. The quantitative estimate of drug-likeness (QED) is 0.466. The molecule has 134 valence electrons. The number of nitrogens with two attached hydrogens (primary N) is 1. The van der Waals surface area contributed by atoms with E-state index in [2.05, 4.69) is 4.98 Å². The third-order valence-electron chi connectivity index (χ3n) is 3.85. The molecular weight excluding hydrogens is 386 g/mol. The topological polar surface area (TPSA) is 134 Å². The Balaban J connectivity index is 1.76. The third kappa shape index (κ3) is 3.41. The normalized spacial score (nSPS) is 22.6. The Morgan fingerprint density at radius 1 is 1.44 bits per heavy atom. The number of β-lactam (4-membered cyclic amide) rings is 1. The fourth-order valence-corrected chi connectivity index (χ4v) is 6.26. The van der Waals surface area contributed by atoms with E-state index in [-0.39, 0.29) is 23.4 Å². The predicted molar refractivity (Wildman–Crippen MR) is 94.6 cm³/mol. The van der Waals surface area contributed by atoms with Gasteiger partial charge in [-0.1, -0.05) is 11.8 Å². The number of carbonyl (C=O) groups excluding carboxylic acids is 1. The number of aliphatic carboxylic acids is 2. The second kappa shape index (κ2) is 6.98. The lowest BCUT2D eigenvalue weighted by molar-refractivity contribution is -0.147. The van der Waals surface area contributed by atoms with Crippen molar-refractivity contribution in [1.82, 2.24) is 9.88 Å². The van der Waals surface area contributed by atoms with Gasteiger partial charge in [-0.2, -0.15) is 0 Å². The van der Waals surface area contributed by atoms with Gasteiger partial charge in [0.15, 0.2) is 4.34 Å². The first-order valence-corrected chi connectivity index (χ1v) is 10.1. The molecule has 2 aliphatic rings. The van der Waals surface area contributed by atoms with E-state index < -0.39 is 18.0 Å². The molecule has 4 N–H and O–H groups in total. The summed E-state index contributed by atoms with van der Waals surface area (Å²) < 4.78 is 0.685. The molecular formula is C14H15N3O5S3. The van der Waals surface area contributed by atoms with E-state index in [1.54, 1.807) is 6.92 Å². The maximum Gasteiger partial charge on any atom is 0.352 e. The number of aromatic nitrogens is 1. The average Bonchev–Trinajstić information content (AvgIpc) is 2.90. The second-order valence-electron chi connectivity index (χ2n) is 5.54. The zero-order chi connectivity index (χ0) is 18.3. The molecule has 0 aromatic carbocycles. The molecule has 0 aliphatic carbocycles. The highest BCUT2D eigenvalue weighted by Gasteiger charge is 2.51. The summed E-state index contributed by atoms with van der Waals surface area (Å²) >= 11 is 4.10. The van der Waals surface area contributed by atoms with E-state index in [1.165, 1.54) is 39.8 Å². The van der Waals surface area contributed by atoms with E-state index >= 15 is 0 Å². The van der Waals surface area contributed by atoms with E-state index in [0.717, 1.165) is 0 Å². The Kier molecular flexibility index (Phi) is 5.09. The summed E-state index contributed by atoms with van der Waals surface area (Å²) in [5.74, 6) is -1.56. The number of amides is 1. The number of carboxylic acids is 2. The van der Waals surface area contributed by atoms with Gasteiger partial charge in [0.05, 0.1) is 12.1 Å². The Labute approximate surface area is 155 Å². The van der Waals surface area contributed by atoms with Crippen LogP contribution in [0.4, 0.5) is 0 Å². The minimum absolute atomic E-state index is 0.0157. The summed E-state index contributed by atoms with van der Waals surface area (Å²) in [4.78, 5) is 40.6. The molecule has 2 atom stereocenters. The number of thiazole rings is 1. The molecule has 25 heavy (non-hydrogen) atoms. The van der Waals surface area contributed by atoms with E-state index in [1.807, 2.05) is 0 Å². The van der Waals surface area contributed by atoms with Gasteiger partial charge >= 0.3 is 11.9 Å². The third-order valence-corrected chi connectivity index (χ3v) is 7.59. The molecule has 0 bridgehead atoms. The maximum absolute atomic E-state index is 11.9. The standard InChI is InChI=1S/C14H15N3O5S3/c1-5-7(2-8(18)19)25-14(16-5)24-4-6-3-23-12-9(15)11(20)17(12)10(6)13(21)22/h9,12H,2-4,15H2,1H3,(H,18,19)(H,21,22)/t9-,12+/m1/s1. The first-order valence-electron chi connectivity index (χ1n) is 7.26. The summed E-state index contributed by atoms with van der Waals surface area (Å²) in [6.45, 7) is 1.75. The Bertz CT molecular complexity index is 791.